The Labute approximate surface area is 104 Å². The predicted molar refractivity (Wildman–Crippen MR) is 68.6 cm³/mol. The molecule has 0 spiro atoms. The number of nitrogens with one attached hydrogen (secondary N) is 1. The lowest BCUT2D eigenvalue weighted by Crippen LogP contribution is -2.26. The summed E-state index contributed by atoms with van der Waals surface area (Å²) in [6.45, 7) is 3.17. The van der Waals surface area contributed by atoms with Gasteiger partial charge in [-0.1, -0.05) is 44.2 Å². The standard InChI is InChI=1S/C13H24N4/c1-3-14-12(13-10-15-16-17(13)2)9-11-7-5-4-6-8-11/h10-12,14H,3-9H2,1-2H3. The molecule has 0 radical (unpaired) electrons. The molecule has 0 saturated heterocycles. The summed E-state index contributed by atoms with van der Waals surface area (Å²) < 4.78 is 1.90. The van der Waals surface area contributed by atoms with Crippen molar-refractivity contribution in [1.82, 2.24) is 20.3 Å². The van der Waals surface area contributed by atoms with Crippen molar-refractivity contribution in [2.24, 2.45) is 13.0 Å². The Morgan fingerprint density at radius 1 is 1.41 bits per heavy atom. The van der Waals surface area contributed by atoms with Crippen LogP contribution in [-0.4, -0.2) is 21.5 Å². The molecular weight excluding hydrogens is 212 g/mol. The van der Waals surface area contributed by atoms with E-state index in [1.54, 1.807) is 0 Å². The van der Waals surface area contributed by atoms with Crippen LogP contribution in [0.1, 0.15) is 57.2 Å². The number of aryl methyl sites for hydroxylation is 1. The highest BCUT2D eigenvalue weighted by molar-refractivity contribution is 5.02. The topological polar surface area (TPSA) is 42.7 Å². The first kappa shape index (κ1) is 12.6. The second-order valence-corrected chi connectivity index (χ2v) is 5.13. The molecule has 96 valence electrons. The van der Waals surface area contributed by atoms with Crippen LogP contribution in [0, 0.1) is 5.92 Å². The molecule has 0 aromatic carbocycles. The van der Waals surface area contributed by atoms with Gasteiger partial charge in [-0.3, -0.25) is 4.68 Å². The van der Waals surface area contributed by atoms with Gasteiger partial charge in [0.25, 0.3) is 0 Å². The van der Waals surface area contributed by atoms with E-state index in [0.717, 1.165) is 12.5 Å². The normalized spacial score (nSPS) is 19.4. The van der Waals surface area contributed by atoms with Crippen molar-refractivity contribution < 1.29 is 0 Å². The second-order valence-electron chi connectivity index (χ2n) is 5.13. The van der Waals surface area contributed by atoms with Crippen LogP contribution >= 0.6 is 0 Å². The summed E-state index contributed by atoms with van der Waals surface area (Å²) in [5.41, 5.74) is 1.22. The van der Waals surface area contributed by atoms with Crippen molar-refractivity contribution in [2.75, 3.05) is 6.54 Å². The largest absolute Gasteiger partial charge is 0.309 e. The summed E-state index contributed by atoms with van der Waals surface area (Å²) in [7, 11) is 1.98. The summed E-state index contributed by atoms with van der Waals surface area (Å²) >= 11 is 0. The van der Waals surface area contributed by atoms with Gasteiger partial charge in [-0.25, -0.2) is 0 Å². The molecule has 17 heavy (non-hydrogen) atoms. The van der Waals surface area contributed by atoms with Crippen molar-refractivity contribution in [3.63, 3.8) is 0 Å². The molecule has 4 heteroatoms. The molecule has 1 aromatic heterocycles. The molecule has 1 aliphatic rings. The van der Waals surface area contributed by atoms with Crippen molar-refractivity contribution in [3.8, 4) is 0 Å². The lowest BCUT2D eigenvalue weighted by atomic mass is 9.84. The highest BCUT2D eigenvalue weighted by Crippen LogP contribution is 2.31. The monoisotopic (exact) mass is 236 g/mol. The molecule has 0 bridgehead atoms. The van der Waals surface area contributed by atoms with Gasteiger partial charge in [-0.05, 0) is 18.9 Å². The smallest absolute Gasteiger partial charge is 0.0753 e. The molecule has 1 N–H and O–H groups in total. The van der Waals surface area contributed by atoms with Crippen LogP contribution in [0.3, 0.4) is 0 Å². The van der Waals surface area contributed by atoms with Gasteiger partial charge in [-0.2, -0.15) is 0 Å². The summed E-state index contributed by atoms with van der Waals surface area (Å²) in [6.07, 6.45) is 10.2. The average molecular weight is 236 g/mol. The third-order valence-electron chi connectivity index (χ3n) is 3.85. The van der Waals surface area contributed by atoms with Gasteiger partial charge in [0.1, 0.15) is 0 Å². The number of aromatic nitrogens is 3. The number of nitrogens with zero attached hydrogens (tertiary/aromatic N) is 3. The fraction of sp³-hybridized carbons (Fsp3) is 0.846. The van der Waals surface area contributed by atoms with Crippen molar-refractivity contribution >= 4 is 0 Å². The maximum Gasteiger partial charge on any atom is 0.0753 e. The van der Waals surface area contributed by atoms with E-state index in [1.807, 2.05) is 17.9 Å². The third kappa shape index (κ3) is 3.28. The zero-order valence-electron chi connectivity index (χ0n) is 11.0. The molecule has 0 amide bonds. The first-order valence-corrected chi connectivity index (χ1v) is 6.89. The fourth-order valence-corrected chi connectivity index (χ4v) is 2.92. The van der Waals surface area contributed by atoms with Gasteiger partial charge in [0.15, 0.2) is 0 Å². The van der Waals surface area contributed by atoms with Crippen LogP contribution in [0.4, 0.5) is 0 Å². The molecule has 1 aliphatic carbocycles. The van der Waals surface area contributed by atoms with E-state index in [2.05, 4.69) is 22.6 Å². The lowest BCUT2D eigenvalue weighted by Gasteiger charge is -2.26. The second kappa shape index (κ2) is 6.15. The van der Waals surface area contributed by atoms with Crippen molar-refractivity contribution in [3.05, 3.63) is 11.9 Å². The molecule has 1 heterocycles. The minimum Gasteiger partial charge on any atom is -0.309 e. The van der Waals surface area contributed by atoms with E-state index >= 15 is 0 Å². The van der Waals surface area contributed by atoms with E-state index in [4.69, 9.17) is 0 Å². The highest BCUT2D eigenvalue weighted by atomic mass is 15.4. The van der Waals surface area contributed by atoms with Gasteiger partial charge in [-0.15, -0.1) is 5.10 Å². The Morgan fingerprint density at radius 2 is 2.18 bits per heavy atom. The quantitative estimate of drug-likeness (QED) is 0.854. The molecule has 1 fully saturated rings. The van der Waals surface area contributed by atoms with Crippen LogP contribution in [0.5, 0.6) is 0 Å². The molecule has 1 aromatic rings. The number of rotatable bonds is 5. The molecule has 0 aliphatic heterocycles. The molecule has 4 nitrogen and oxygen atoms in total. The van der Waals surface area contributed by atoms with Crippen molar-refractivity contribution in [2.45, 2.75) is 51.5 Å². The first-order valence-electron chi connectivity index (χ1n) is 6.89. The highest BCUT2D eigenvalue weighted by Gasteiger charge is 2.21. The van der Waals surface area contributed by atoms with Crippen LogP contribution < -0.4 is 5.32 Å². The van der Waals surface area contributed by atoms with Crippen LogP contribution in [0.25, 0.3) is 0 Å². The van der Waals surface area contributed by atoms with Gasteiger partial charge in [0, 0.05) is 7.05 Å². The fourth-order valence-electron chi connectivity index (χ4n) is 2.92. The number of hydrogen-bond acceptors (Lipinski definition) is 3. The summed E-state index contributed by atoms with van der Waals surface area (Å²) in [6, 6.07) is 0.420. The Bertz CT molecular complexity index is 328. The summed E-state index contributed by atoms with van der Waals surface area (Å²) in [5, 5.41) is 11.6. The average Bonchev–Trinajstić information content (AvgIpc) is 2.76. The van der Waals surface area contributed by atoms with Crippen molar-refractivity contribution in [1.29, 1.82) is 0 Å². The Morgan fingerprint density at radius 3 is 2.76 bits per heavy atom. The van der Waals surface area contributed by atoms with E-state index in [1.165, 1.54) is 44.2 Å². The van der Waals surface area contributed by atoms with Crippen LogP contribution in [0.15, 0.2) is 6.20 Å². The van der Waals surface area contributed by atoms with E-state index in [-0.39, 0.29) is 0 Å². The Kier molecular flexibility index (Phi) is 4.54. The molecule has 1 unspecified atom stereocenters. The van der Waals surface area contributed by atoms with Crippen LogP contribution in [-0.2, 0) is 7.05 Å². The van der Waals surface area contributed by atoms with E-state index in [0.29, 0.717) is 6.04 Å². The maximum absolute atomic E-state index is 4.04. The third-order valence-corrected chi connectivity index (χ3v) is 3.85. The summed E-state index contributed by atoms with van der Waals surface area (Å²) in [5.74, 6) is 0.877. The van der Waals surface area contributed by atoms with E-state index < -0.39 is 0 Å². The zero-order chi connectivity index (χ0) is 12.1. The molecular formula is C13H24N4. The molecule has 2 rings (SSSR count). The lowest BCUT2D eigenvalue weighted by molar-refractivity contribution is 0.296. The zero-order valence-corrected chi connectivity index (χ0v) is 11.0. The first-order chi connectivity index (χ1) is 8.31. The molecule has 1 saturated carbocycles. The SMILES string of the molecule is CCNC(CC1CCCCC1)c1cnnn1C. The van der Waals surface area contributed by atoms with E-state index in [9.17, 15) is 0 Å². The maximum atomic E-state index is 4.04. The summed E-state index contributed by atoms with van der Waals surface area (Å²) in [4.78, 5) is 0. The Balaban J connectivity index is 1.99. The minimum absolute atomic E-state index is 0.420. The predicted octanol–water partition coefficient (Wildman–Crippen LogP) is 2.44. The van der Waals surface area contributed by atoms with Crippen LogP contribution in [0.2, 0.25) is 0 Å². The Hall–Kier alpha value is -0.900. The molecule has 1 atom stereocenters. The van der Waals surface area contributed by atoms with Gasteiger partial charge < -0.3 is 5.32 Å². The minimum atomic E-state index is 0.420. The van der Waals surface area contributed by atoms with Gasteiger partial charge in [0.05, 0.1) is 17.9 Å². The van der Waals surface area contributed by atoms with Gasteiger partial charge >= 0.3 is 0 Å². The van der Waals surface area contributed by atoms with Gasteiger partial charge in [0.2, 0.25) is 0 Å². The number of hydrogen-bond donors (Lipinski definition) is 1.